The summed E-state index contributed by atoms with van der Waals surface area (Å²) < 4.78 is 27.3. The van der Waals surface area contributed by atoms with Crippen LogP contribution in [0.15, 0.2) is 53.7 Å². The zero-order valence-corrected chi connectivity index (χ0v) is 16.2. The number of anilines is 2. The average Bonchev–Trinajstić information content (AvgIpc) is 3.26. The Morgan fingerprint density at radius 3 is 2.62 bits per heavy atom. The molecular formula is C20H18F2N4O2S. The van der Waals surface area contributed by atoms with E-state index in [1.54, 1.807) is 53.4 Å². The topological polar surface area (TPSA) is 67.2 Å². The number of carbonyl (C=O) groups excluding carboxylic acids is 2. The molecule has 29 heavy (non-hydrogen) atoms. The van der Waals surface area contributed by atoms with Crippen molar-refractivity contribution in [3.8, 4) is 0 Å². The molecule has 6 nitrogen and oxygen atoms in total. The van der Waals surface area contributed by atoms with Gasteiger partial charge in [0, 0.05) is 24.3 Å². The van der Waals surface area contributed by atoms with Crippen LogP contribution in [0.2, 0.25) is 0 Å². The van der Waals surface area contributed by atoms with Gasteiger partial charge in [-0.1, -0.05) is 12.1 Å². The van der Waals surface area contributed by atoms with Crippen molar-refractivity contribution >= 4 is 46.0 Å². The smallest absolute Gasteiger partial charge is 0.291 e. The first-order chi connectivity index (χ1) is 14.0. The van der Waals surface area contributed by atoms with Crippen LogP contribution in [-0.4, -0.2) is 33.7 Å². The molecule has 1 aromatic heterocycles. The number of nitrogens with one attached hydrogen (secondary N) is 1. The maximum absolute atomic E-state index is 12.9. The molecular weight excluding hydrogens is 398 g/mol. The summed E-state index contributed by atoms with van der Waals surface area (Å²) in [5.74, 6) is -2.89. The van der Waals surface area contributed by atoms with Crippen molar-refractivity contribution in [3.63, 3.8) is 0 Å². The quantitative estimate of drug-likeness (QED) is 0.614. The van der Waals surface area contributed by atoms with E-state index in [0.29, 0.717) is 41.4 Å². The molecule has 0 bridgehead atoms. The van der Waals surface area contributed by atoms with Crippen LogP contribution in [-0.2, 0) is 16.1 Å². The lowest BCUT2D eigenvalue weighted by atomic mass is 10.2. The van der Waals surface area contributed by atoms with E-state index < -0.39 is 5.76 Å². The number of hydrogen-bond acceptors (Lipinski definition) is 4. The largest absolute Gasteiger partial charge is 0.325 e. The van der Waals surface area contributed by atoms with Gasteiger partial charge in [-0.05, 0) is 54.6 Å². The number of fused-ring (bicyclic) bond motifs is 1. The lowest BCUT2D eigenvalue weighted by Crippen LogP contribution is -2.23. The molecule has 0 saturated carbocycles. The number of halogens is 2. The number of para-hydroxylation sites is 2. The van der Waals surface area contributed by atoms with Gasteiger partial charge in [0.2, 0.25) is 11.8 Å². The van der Waals surface area contributed by atoms with Crippen LogP contribution in [0.25, 0.3) is 11.0 Å². The molecule has 1 saturated heterocycles. The first-order valence-corrected chi connectivity index (χ1v) is 9.99. The molecule has 2 aromatic carbocycles. The number of imidazole rings is 1. The minimum Gasteiger partial charge on any atom is -0.325 e. The maximum Gasteiger partial charge on any atom is 0.291 e. The van der Waals surface area contributed by atoms with Gasteiger partial charge in [-0.25, -0.2) is 4.98 Å². The predicted octanol–water partition coefficient (Wildman–Crippen LogP) is 4.12. The molecule has 0 unspecified atom stereocenters. The molecule has 0 aliphatic carbocycles. The Hall–Kier alpha value is -2.94. The molecule has 1 N–H and O–H groups in total. The molecule has 0 radical (unpaired) electrons. The van der Waals surface area contributed by atoms with E-state index >= 15 is 0 Å². The van der Waals surface area contributed by atoms with Crippen molar-refractivity contribution < 1.29 is 18.4 Å². The van der Waals surface area contributed by atoms with Gasteiger partial charge in [-0.2, -0.15) is 8.78 Å². The molecule has 0 atom stereocenters. The fourth-order valence-corrected chi connectivity index (χ4v) is 3.97. The number of rotatable bonds is 6. The Bertz CT molecular complexity index is 1050. The van der Waals surface area contributed by atoms with Crippen LogP contribution in [0.4, 0.5) is 20.2 Å². The minimum absolute atomic E-state index is 0.0952. The van der Waals surface area contributed by atoms with Gasteiger partial charge in [-0.15, -0.1) is 0 Å². The van der Waals surface area contributed by atoms with Gasteiger partial charge in [0.25, 0.3) is 5.76 Å². The van der Waals surface area contributed by atoms with E-state index in [-0.39, 0.29) is 23.5 Å². The van der Waals surface area contributed by atoms with E-state index in [2.05, 4.69) is 10.3 Å². The summed E-state index contributed by atoms with van der Waals surface area (Å²) in [5.41, 5.74) is 2.54. The summed E-state index contributed by atoms with van der Waals surface area (Å²) in [4.78, 5) is 30.3. The van der Waals surface area contributed by atoms with Crippen molar-refractivity contribution in [1.82, 2.24) is 9.55 Å². The number of thioether (sulfide) groups is 1. The molecule has 150 valence electrons. The summed E-state index contributed by atoms with van der Waals surface area (Å²) in [6.45, 7) is 0.560. The van der Waals surface area contributed by atoms with E-state index in [1.165, 1.54) is 4.57 Å². The monoisotopic (exact) mass is 416 g/mol. The van der Waals surface area contributed by atoms with Crippen molar-refractivity contribution in [3.05, 3.63) is 48.5 Å². The Kier molecular flexibility index (Phi) is 5.48. The standard InChI is InChI=1S/C20H18F2N4O2S/c21-19(22)29-20-24-15-4-1-2-5-16(15)26(20)12-17(27)23-13-7-9-14(10-8-13)25-11-3-6-18(25)28/h1-2,4-5,7-10,19H,3,6,11-12H2,(H,23,27). The third-order valence-electron chi connectivity index (χ3n) is 4.65. The van der Waals surface area contributed by atoms with E-state index in [9.17, 15) is 18.4 Å². The maximum atomic E-state index is 12.9. The fourth-order valence-electron chi connectivity index (χ4n) is 3.37. The van der Waals surface area contributed by atoms with Crippen LogP contribution in [0, 0.1) is 0 Å². The van der Waals surface area contributed by atoms with Crippen LogP contribution >= 0.6 is 11.8 Å². The van der Waals surface area contributed by atoms with Crippen LogP contribution in [0.5, 0.6) is 0 Å². The Morgan fingerprint density at radius 2 is 1.93 bits per heavy atom. The zero-order valence-electron chi connectivity index (χ0n) is 15.3. The van der Waals surface area contributed by atoms with Gasteiger partial charge >= 0.3 is 0 Å². The van der Waals surface area contributed by atoms with Gasteiger partial charge in [0.15, 0.2) is 5.16 Å². The van der Waals surface area contributed by atoms with Gasteiger partial charge in [-0.3, -0.25) is 9.59 Å². The second kappa shape index (κ2) is 8.20. The Labute approximate surface area is 169 Å². The second-order valence-corrected chi connectivity index (χ2v) is 7.55. The summed E-state index contributed by atoms with van der Waals surface area (Å²) >= 11 is 0.316. The summed E-state index contributed by atoms with van der Waals surface area (Å²) in [5, 5.41) is 2.86. The normalized spacial score (nSPS) is 14.2. The highest BCUT2D eigenvalue weighted by Crippen LogP contribution is 2.28. The van der Waals surface area contributed by atoms with Crippen molar-refractivity contribution in [2.75, 3.05) is 16.8 Å². The highest BCUT2D eigenvalue weighted by molar-refractivity contribution is 7.99. The van der Waals surface area contributed by atoms with Gasteiger partial charge in [0.1, 0.15) is 6.54 Å². The molecule has 1 aliphatic heterocycles. The number of benzene rings is 2. The Balaban J connectivity index is 1.49. The average molecular weight is 416 g/mol. The summed E-state index contributed by atoms with van der Waals surface area (Å²) in [7, 11) is 0. The SMILES string of the molecule is O=C(Cn1c(SC(F)F)nc2ccccc21)Nc1ccc(N2CCCC2=O)cc1. The third-order valence-corrected chi connectivity index (χ3v) is 5.35. The Morgan fingerprint density at radius 1 is 1.17 bits per heavy atom. The lowest BCUT2D eigenvalue weighted by molar-refractivity contribution is -0.117. The van der Waals surface area contributed by atoms with E-state index in [1.807, 2.05) is 0 Å². The molecule has 3 aromatic rings. The first-order valence-electron chi connectivity index (χ1n) is 9.11. The zero-order chi connectivity index (χ0) is 20.4. The number of carbonyl (C=O) groups is 2. The van der Waals surface area contributed by atoms with Crippen LogP contribution in [0.3, 0.4) is 0 Å². The first kappa shape index (κ1) is 19.4. The van der Waals surface area contributed by atoms with Crippen LogP contribution in [0.1, 0.15) is 12.8 Å². The van der Waals surface area contributed by atoms with Crippen molar-refractivity contribution in [2.24, 2.45) is 0 Å². The highest BCUT2D eigenvalue weighted by Gasteiger charge is 2.21. The molecule has 1 aliphatic rings. The minimum atomic E-state index is -2.63. The summed E-state index contributed by atoms with van der Waals surface area (Å²) in [6, 6.07) is 14.0. The lowest BCUT2D eigenvalue weighted by Gasteiger charge is -2.16. The third kappa shape index (κ3) is 4.24. The number of hydrogen-bond donors (Lipinski definition) is 1. The molecule has 0 spiro atoms. The van der Waals surface area contributed by atoms with Crippen molar-refractivity contribution in [2.45, 2.75) is 30.3 Å². The van der Waals surface area contributed by atoms with E-state index in [0.717, 1.165) is 12.1 Å². The fraction of sp³-hybridized carbons (Fsp3) is 0.250. The number of amides is 2. The molecule has 4 rings (SSSR count). The summed E-state index contributed by atoms with van der Waals surface area (Å²) in [6.07, 6.45) is 1.39. The molecule has 2 heterocycles. The van der Waals surface area contributed by atoms with Gasteiger partial charge in [0.05, 0.1) is 11.0 Å². The van der Waals surface area contributed by atoms with Gasteiger partial charge < -0.3 is 14.8 Å². The number of aromatic nitrogens is 2. The molecule has 2 amide bonds. The number of nitrogens with zero attached hydrogens (tertiary/aromatic N) is 3. The van der Waals surface area contributed by atoms with Crippen molar-refractivity contribution in [1.29, 1.82) is 0 Å². The number of alkyl halides is 2. The predicted molar refractivity (Wildman–Crippen MR) is 108 cm³/mol. The van der Waals surface area contributed by atoms with E-state index in [4.69, 9.17) is 0 Å². The van der Waals surface area contributed by atoms with Crippen LogP contribution < -0.4 is 10.2 Å². The highest BCUT2D eigenvalue weighted by atomic mass is 32.2. The second-order valence-electron chi connectivity index (χ2n) is 6.59. The molecule has 9 heteroatoms. The molecule has 1 fully saturated rings.